The first-order valence-corrected chi connectivity index (χ1v) is 8.49. The number of anilines is 2. The van der Waals surface area contributed by atoms with Crippen LogP contribution in [0.1, 0.15) is 6.42 Å². The molecule has 0 aromatic heterocycles. The molecule has 6 nitrogen and oxygen atoms in total. The fourth-order valence-electron chi connectivity index (χ4n) is 2.94. The van der Waals surface area contributed by atoms with Gasteiger partial charge in [0.1, 0.15) is 0 Å². The second-order valence-electron chi connectivity index (χ2n) is 5.92. The van der Waals surface area contributed by atoms with Gasteiger partial charge in [-0.15, -0.1) is 0 Å². The fraction of sp³-hybridized carbons (Fsp3) is 0.263. The van der Waals surface area contributed by atoms with Gasteiger partial charge in [0.2, 0.25) is 11.8 Å². The summed E-state index contributed by atoms with van der Waals surface area (Å²) in [7, 11) is 3.07. The molecule has 0 saturated carbocycles. The Morgan fingerprint density at radius 3 is 2.58 bits per heavy atom. The molecular formula is C19H19ClN2O4. The summed E-state index contributed by atoms with van der Waals surface area (Å²) in [5.41, 5.74) is 1.21. The number of carbonyl (C=O) groups excluding carboxylic acids is 2. The van der Waals surface area contributed by atoms with E-state index in [4.69, 9.17) is 21.1 Å². The summed E-state index contributed by atoms with van der Waals surface area (Å²) in [5, 5.41) is 3.32. The van der Waals surface area contributed by atoms with Gasteiger partial charge >= 0.3 is 0 Å². The van der Waals surface area contributed by atoms with Gasteiger partial charge in [-0.3, -0.25) is 9.59 Å². The van der Waals surface area contributed by atoms with Crippen LogP contribution in [0, 0.1) is 5.92 Å². The highest BCUT2D eigenvalue weighted by Crippen LogP contribution is 2.33. The number of nitrogens with zero attached hydrogens (tertiary/aromatic N) is 1. The molecule has 2 aromatic carbocycles. The Morgan fingerprint density at radius 2 is 1.88 bits per heavy atom. The van der Waals surface area contributed by atoms with Crippen molar-refractivity contribution in [3.8, 4) is 11.5 Å². The molecule has 0 aliphatic carbocycles. The van der Waals surface area contributed by atoms with E-state index in [9.17, 15) is 9.59 Å². The summed E-state index contributed by atoms with van der Waals surface area (Å²) >= 11 is 6.17. The smallest absolute Gasteiger partial charge is 0.229 e. The summed E-state index contributed by atoms with van der Waals surface area (Å²) in [6.45, 7) is 0.293. The van der Waals surface area contributed by atoms with Gasteiger partial charge in [0.05, 0.1) is 30.8 Å². The first kappa shape index (κ1) is 18.1. The van der Waals surface area contributed by atoms with Gasteiger partial charge in [0.15, 0.2) is 11.5 Å². The van der Waals surface area contributed by atoms with Crippen LogP contribution in [-0.2, 0) is 9.59 Å². The zero-order valence-corrected chi connectivity index (χ0v) is 15.2. The van der Waals surface area contributed by atoms with E-state index in [1.54, 1.807) is 48.4 Å². The SMILES string of the molecule is COc1ccc(NC(=O)C2CC(=O)N(c3ccccc3Cl)C2)cc1OC. The van der Waals surface area contributed by atoms with Gasteiger partial charge in [-0.1, -0.05) is 23.7 Å². The number of nitrogens with one attached hydrogen (secondary N) is 1. The van der Waals surface area contributed by atoms with Gasteiger partial charge < -0.3 is 19.7 Å². The number of amides is 2. The highest BCUT2D eigenvalue weighted by atomic mass is 35.5. The number of hydrogen-bond acceptors (Lipinski definition) is 4. The van der Waals surface area contributed by atoms with E-state index >= 15 is 0 Å². The van der Waals surface area contributed by atoms with E-state index in [1.807, 2.05) is 6.07 Å². The highest BCUT2D eigenvalue weighted by Gasteiger charge is 2.35. The molecule has 26 heavy (non-hydrogen) atoms. The molecule has 7 heteroatoms. The molecule has 2 aromatic rings. The fourth-order valence-corrected chi connectivity index (χ4v) is 3.18. The van der Waals surface area contributed by atoms with Crippen molar-refractivity contribution in [2.45, 2.75) is 6.42 Å². The van der Waals surface area contributed by atoms with Gasteiger partial charge in [-0.05, 0) is 24.3 Å². The Kier molecular flexibility index (Phi) is 5.32. The van der Waals surface area contributed by atoms with Crippen molar-refractivity contribution < 1.29 is 19.1 Å². The number of ether oxygens (including phenoxy) is 2. The third kappa shape index (κ3) is 3.60. The highest BCUT2D eigenvalue weighted by molar-refractivity contribution is 6.33. The number of halogens is 1. The number of hydrogen-bond donors (Lipinski definition) is 1. The van der Waals surface area contributed by atoms with Crippen molar-refractivity contribution in [2.75, 3.05) is 31.0 Å². The molecule has 1 fully saturated rings. The molecular weight excluding hydrogens is 356 g/mol. The summed E-state index contributed by atoms with van der Waals surface area (Å²) in [4.78, 5) is 26.5. The zero-order valence-electron chi connectivity index (χ0n) is 14.5. The predicted molar refractivity (Wildman–Crippen MR) is 100 cm³/mol. The van der Waals surface area contributed by atoms with Gasteiger partial charge in [0.25, 0.3) is 0 Å². The molecule has 1 aliphatic rings. The minimum Gasteiger partial charge on any atom is -0.493 e. The van der Waals surface area contributed by atoms with Gasteiger partial charge in [-0.2, -0.15) is 0 Å². The summed E-state index contributed by atoms with van der Waals surface area (Å²) in [6, 6.07) is 12.2. The van der Waals surface area contributed by atoms with Crippen LogP contribution >= 0.6 is 11.6 Å². The van der Waals surface area contributed by atoms with E-state index in [-0.39, 0.29) is 18.2 Å². The minimum absolute atomic E-state index is 0.120. The third-order valence-electron chi connectivity index (χ3n) is 4.29. The summed E-state index contributed by atoms with van der Waals surface area (Å²) in [5.74, 6) is 0.300. The Balaban J connectivity index is 1.72. The second-order valence-corrected chi connectivity index (χ2v) is 6.32. The maximum atomic E-state index is 12.6. The molecule has 1 unspecified atom stereocenters. The molecule has 0 bridgehead atoms. The molecule has 3 rings (SSSR count). The number of benzene rings is 2. The third-order valence-corrected chi connectivity index (χ3v) is 4.61. The Bertz CT molecular complexity index is 840. The van der Waals surface area contributed by atoms with Crippen LogP contribution in [0.5, 0.6) is 11.5 Å². The zero-order chi connectivity index (χ0) is 18.7. The lowest BCUT2D eigenvalue weighted by atomic mass is 10.1. The molecule has 0 radical (unpaired) electrons. The lowest BCUT2D eigenvalue weighted by Crippen LogP contribution is -2.28. The molecule has 1 aliphatic heterocycles. The van der Waals surface area contributed by atoms with Crippen molar-refractivity contribution in [1.82, 2.24) is 0 Å². The minimum atomic E-state index is -0.452. The summed E-state index contributed by atoms with van der Waals surface area (Å²) < 4.78 is 10.4. The van der Waals surface area contributed by atoms with Crippen LogP contribution in [0.25, 0.3) is 0 Å². The number of rotatable bonds is 5. The largest absolute Gasteiger partial charge is 0.493 e. The standard InChI is InChI=1S/C19H19ClN2O4/c1-25-16-8-7-13(10-17(16)26-2)21-19(24)12-9-18(23)22(11-12)15-6-4-3-5-14(15)20/h3-8,10,12H,9,11H2,1-2H3,(H,21,24). The Hall–Kier alpha value is -2.73. The number of carbonyl (C=O) groups is 2. The van der Waals surface area contributed by atoms with Crippen molar-refractivity contribution in [3.63, 3.8) is 0 Å². The first-order chi connectivity index (χ1) is 12.5. The summed E-state index contributed by atoms with van der Waals surface area (Å²) in [6.07, 6.45) is 0.143. The van der Waals surface area contributed by atoms with Gasteiger partial charge in [0, 0.05) is 24.7 Å². The van der Waals surface area contributed by atoms with Crippen molar-refractivity contribution >= 4 is 34.8 Å². The molecule has 136 valence electrons. The van der Waals surface area contributed by atoms with Gasteiger partial charge in [-0.25, -0.2) is 0 Å². The van der Waals surface area contributed by atoms with Crippen LogP contribution in [0.2, 0.25) is 5.02 Å². The quantitative estimate of drug-likeness (QED) is 0.871. The molecule has 1 N–H and O–H groups in total. The van der Waals surface area contributed by atoms with E-state index in [0.29, 0.717) is 34.4 Å². The predicted octanol–water partition coefficient (Wildman–Crippen LogP) is 3.35. The molecule has 1 heterocycles. The normalized spacial score (nSPS) is 16.5. The number of para-hydroxylation sites is 1. The monoisotopic (exact) mass is 374 g/mol. The number of methoxy groups -OCH3 is 2. The maximum absolute atomic E-state index is 12.6. The van der Waals surface area contributed by atoms with Crippen LogP contribution in [0.4, 0.5) is 11.4 Å². The molecule has 0 spiro atoms. The molecule has 1 atom stereocenters. The van der Waals surface area contributed by atoms with Crippen LogP contribution in [-0.4, -0.2) is 32.6 Å². The van der Waals surface area contributed by atoms with Crippen LogP contribution in [0.3, 0.4) is 0 Å². The second kappa shape index (κ2) is 7.66. The maximum Gasteiger partial charge on any atom is 0.229 e. The van der Waals surface area contributed by atoms with Crippen molar-refractivity contribution in [3.05, 3.63) is 47.5 Å². The average Bonchev–Trinajstić information content (AvgIpc) is 3.03. The molecule has 1 saturated heterocycles. The molecule has 2 amide bonds. The topological polar surface area (TPSA) is 67.9 Å². The van der Waals surface area contributed by atoms with E-state index in [1.165, 1.54) is 7.11 Å². The Morgan fingerprint density at radius 1 is 1.15 bits per heavy atom. The lowest BCUT2D eigenvalue weighted by molar-refractivity contribution is -0.122. The Labute approximate surface area is 156 Å². The first-order valence-electron chi connectivity index (χ1n) is 8.11. The van der Waals surface area contributed by atoms with Crippen molar-refractivity contribution in [1.29, 1.82) is 0 Å². The van der Waals surface area contributed by atoms with E-state index in [0.717, 1.165) is 0 Å². The lowest BCUT2D eigenvalue weighted by Gasteiger charge is -2.18. The van der Waals surface area contributed by atoms with Crippen LogP contribution < -0.4 is 19.7 Å². The van der Waals surface area contributed by atoms with Crippen molar-refractivity contribution in [2.24, 2.45) is 5.92 Å². The average molecular weight is 375 g/mol. The van der Waals surface area contributed by atoms with E-state index in [2.05, 4.69) is 5.32 Å². The van der Waals surface area contributed by atoms with E-state index < -0.39 is 5.92 Å². The van der Waals surface area contributed by atoms with Crippen LogP contribution in [0.15, 0.2) is 42.5 Å².